The van der Waals surface area contributed by atoms with E-state index in [1.807, 2.05) is 19.9 Å². The molecular weight excluding hydrogens is 275 g/mol. The molecule has 0 atom stereocenters. The molecule has 0 unspecified atom stereocenters. The van der Waals surface area contributed by atoms with Gasteiger partial charge in [0.1, 0.15) is 11.5 Å². The van der Waals surface area contributed by atoms with Gasteiger partial charge < -0.3 is 5.11 Å². The second-order valence-electron chi connectivity index (χ2n) is 6.53. The first-order valence-corrected chi connectivity index (χ1v) is 9.12. The Balaban J connectivity index is 2.07. The van der Waals surface area contributed by atoms with E-state index in [-0.39, 0.29) is 23.1 Å². The van der Waals surface area contributed by atoms with Crippen LogP contribution in [0.4, 0.5) is 0 Å². The number of rotatable bonds is 5. The van der Waals surface area contributed by atoms with Gasteiger partial charge in [-0.1, -0.05) is 25.3 Å². The van der Waals surface area contributed by atoms with Crippen LogP contribution in [0.25, 0.3) is 0 Å². The maximum Gasteiger partial charge on any atom is 0.335 e. The fourth-order valence-electron chi connectivity index (χ4n) is 2.97. The molecule has 3 N–H and O–H groups in total. The van der Waals surface area contributed by atoms with Crippen LogP contribution in [-0.4, -0.2) is 27.0 Å². The van der Waals surface area contributed by atoms with Crippen molar-refractivity contribution in [3.63, 3.8) is 0 Å². The smallest absolute Gasteiger partial charge is 0.335 e. The normalized spacial score (nSPS) is 23.4. The molecule has 0 heterocycles. The maximum atomic E-state index is 11.4. The molecule has 112 valence electrons. The maximum absolute atomic E-state index is 11.4. The van der Waals surface area contributed by atoms with Crippen molar-refractivity contribution >= 4 is 13.7 Å². The Bertz CT molecular complexity index is 456. The van der Waals surface area contributed by atoms with Gasteiger partial charge >= 0.3 is 13.7 Å². The summed E-state index contributed by atoms with van der Waals surface area (Å²) < 4.78 is 0. The molecule has 0 aromatic rings. The van der Waals surface area contributed by atoms with Crippen LogP contribution in [0, 0.1) is 11.3 Å². The molecule has 0 saturated heterocycles. The van der Waals surface area contributed by atoms with Gasteiger partial charge in [-0.3, -0.25) is 0 Å². The Morgan fingerprint density at radius 1 is 1.35 bits per heavy atom. The molecule has 0 radical (unpaired) electrons. The van der Waals surface area contributed by atoms with Crippen molar-refractivity contribution in [2.75, 3.05) is 6.16 Å². The lowest BCUT2D eigenvalue weighted by molar-refractivity contribution is -0.132. The summed E-state index contributed by atoms with van der Waals surface area (Å²) in [6.45, 7) is 3.82. The van der Waals surface area contributed by atoms with Crippen molar-refractivity contribution in [2.45, 2.75) is 46.0 Å². The third-order valence-electron chi connectivity index (χ3n) is 4.21. The van der Waals surface area contributed by atoms with Crippen molar-refractivity contribution in [1.29, 1.82) is 0 Å². The minimum absolute atomic E-state index is 0.131. The molecule has 4 nitrogen and oxygen atoms in total. The molecule has 2 aliphatic rings. The third-order valence-corrected chi connectivity index (χ3v) is 6.47. The number of carboxylic acid groups (broad SMARTS) is 1. The minimum Gasteiger partial charge on any atom is -0.478 e. The van der Waals surface area contributed by atoms with Crippen LogP contribution in [0.3, 0.4) is 0 Å². The second-order valence-corrected chi connectivity index (χ2v) is 8.79. The van der Waals surface area contributed by atoms with Crippen molar-refractivity contribution < 1.29 is 19.7 Å². The van der Waals surface area contributed by atoms with Gasteiger partial charge in [-0.15, -0.1) is 0 Å². The predicted molar refractivity (Wildman–Crippen MR) is 80.4 cm³/mol. The molecule has 2 aliphatic carbocycles. The molecule has 1 fully saturated rings. The Hall–Kier alpha value is -0.700. The Labute approximate surface area is 120 Å². The number of hydrogen-bond donors (Lipinski definition) is 3. The van der Waals surface area contributed by atoms with E-state index in [1.165, 1.54) is 6.42 Å². The molecule has 5 heteroatoms. The monoisotopic (exact) mass is 299 g/mol. The molecule has 0 spiro atoms. The van der Waals surface area contributed by atoms with Crippen LogP contribution < -0.4 is 0 Å². The Morgan fingerprint density at radius 3 is 2.35 bits per heavy atom. The second kappa shape index (κ2) is 5.59. The number of allylic oxidation sites excluding steroid dienone is 3. The summed E-state index contributed by atoms with van der Waals surface area (Å²) >= 11 is 0. The average molecular weight is 299 g/mol. The van der Waals surface area contributed by atoms with Gasteiger partial charge in [-0.25, -0.2) is 14.6 Å². The third kappa shape index (κ3) is 3.69. The fraction of sp³-hybridized carbons (Fsp3) is 0.667. The first-order valence-electron chi connectivity index (χ1n) is 7.24. The van der Waals surface area contributed by atoms with Crippen LogP contribution >= 0.6 is 7.72 Å². The number of aliphatic carboxylic acids is 1. The van der Waals surface area contributed by atoms with E-state index in [9.17, 15) is 19.7 Å². The molecule has 0 amide bonds. The summed E-state index contributed by atoms with van der Waals surface area (Å²) in [4.78, 5) is 31.8. The first-order chi connectivity index (χ1) is 9.22. The van der Waals surface area contributed by atoms with Gasteiger partial charge in [0, 0.05) is 5.41 Å². The molecule has 0 aromatic heterocycles. The van der Waals surface area contributed by atoms with Crippen LogP contribution in [0.2, 0.25) is 0 Å². The summed E-state index contributed by atoms with van der Waals surface area (Å²) in [5, 5.41) is 9.93. The van der Waals surface area contributed by atoms with Gasteiger partial charge in [0.15, 0.2) is 0 Å². The van der Waals surface area contributed by atoms with Gasteiger partial charge in [-0.2, -0.15) is 0 Å². The molecule has 2 rings (SSSR count). The van der Waals surface area contributed by atoms with E-state index in [0.717, 1.165) is 25.7 Å². The largest absolute Gasteiger partial charge is 0.478 e. The van der Waals surface area contributed by atoms with Crippen molar-refractivity contribution in [3.8, 4) is 0 Å². The van der Waals surface area contributed by atoms with Gasteiger partial charge in [-0.05, 0) is 38.7 Å². The highest BCUT2D eigenvalue weighted by atomic mass is 31.2. The molecular formula is C15H24O4P+. The van der Waals surface area contributed by atoms with E-state index < -0.39 is 13.7 Å². The SMILES string of the molecule is CC1(C)C=C1[P+](O)(O)CC(=CC1CCCCC1)C(=O)O. The number of hydrogen-bond acceptors (Lipinski definition) is 3. The first kappa shape index (κ1) is 15.7. The molecule has 1 saturated carbocycles. The quantitative estimate of drug-likeness (QED) is 0.537. The Morgan fingerprint density at radius 2 is 1.90 bits per heavy atom. The van der Waals surface area contributed by atoms with E-state index in [1.54, 1.807) is 6.08 Å². The molecule has 20 heavy (non-hydrogen) atoms. The summed E-state index contributed by atoms with van der Waals surface area (Å²) in [7, 11) is -3.29. The van der Waals surface area contributed by atoms with E-state index >= 15 is 0 Å². The van der Waals surface area contributed by atoms with E-state index in [2.05, 4.69) is 0 Å². The predicted octanol–water partition coefficient (Wildman–Crippen LogP) is 3.33. The van der Waals surface area contributed by atoms with Gasteiger partial charge in [0.2, 0.25) is 0 Å². The molecule has 0 aliphatic heterocycles. The summed E-state index contributed by atoms with van der Waals surface area (Å²) in [5.41, 5.74) is -0.0926. The van der Waals surface area contributed by atoms with E-state index in [0.29, 0.717) is 5.31 Å². The van der Waals surface area contributed by atoms with Crippen LogP contribution in [0.1, 0.15) is 46.0 Å². The lowest BCUT2D eigenvalue weighted by atomic mass is 9.88. The van der Waals surface area contributed by atoms with Crippen molar-refractivity contribution in [3.05, 3.63) is 23.0 Å². The summed E-state index contributed by atoms with van der Waals surface area (Å²) in [6, 6.07) is 0. The zero-order valence-electron chi connectivity index (χ0n) is 12.2. The zero-order chi connectivity index (χ0) is 15.0. The highest BCUT2D eigenvalue weighted by molar-refractivity contribution is 7.69. The fourth-order valence-corrected chi connectivity index (χ4v) is 5.31. The Kier molecular flexibility index (Phi) is 4.38. The summed E-state index contributed by atoms with van der Waals surface area (Å²) in [6.07, 6.45) is 8.94. The minimum atomic E-state index is -3.29. The topological polar surface area (TPSA) is 77.8 Å². The lowest BCUT2D eigenvalue weighted by Crippen LogP contribution is -2.13. The highest BCUT2D eigenvalue weighted by Gasteiger charge is 2.56. The van der Waals surface area contributed by atoms with E-state index in [4.69, 9.17) is 0 Å². The van der Waals surface area contributed by atoms with Crippen molar-refractivity contribution in [1.82, 2.24) is 0 Å². The van der Waals surface area contributed by atoms with Crippen LogP contribution in [0.5, 0.6) is 0 Å². The van der Waals surface area contributed by atoms with Crippen LogP contribution in [0.15, 0.2) is 23.0 Å². The standard InChI is InChI=1S/C15H23O4P/c1-15(2)9-13(15)20(18,19)10-12(14(16)17)8-11-6-4-3-5-7-11/h8-9,11,18-19H,3-7,10H2,1-2H3/p+1. The van der Waals surface area contributed by atoms with Crippen molar-refractivity contribution in [2.24, 2.45) is 11.3 Å². The van der Waals surface area contributed by atoms with Gasteiger partial charge in [0.05, 0.1) is 5.57 Å². The zero-order valence-corrected chi connectivity index (χ0v) is 13.1. The average Bonchev–Trinajstić information content (AvgIpc) is 3.00. The van der Waals surface area contributed by atoms with Crippen LogP contribution in [-0.2, 0) is 4.79 Å². The molecule has 0 bridgehead atoms. The highest BCUT2D eigenvalue weighted by Crippen LogP contribution is 2.72. The molecule has 0 aromatic carbocycles. The lowest BCUT2D eigenvalue weighted by Gasteiger charge is -2.19. The van der Waals surface area contributed by atoms with Gasteiger partial charge in [0.25, 0.3) is 0 Å². The number of carboxylic acids is 1. The summed E-state index contributed by atoms with van der Waals surface area (Å²) in [5.74, 6) is -0.752. The number of carbonyl (C=O) groups is 1.